The minimum absolute atomic E-state index is 0.0349. The maximum absolute atomic E-state index is 13.7. The Labute approximate surface area is 247 Å². The number of aromatic nitrogens is 2. The van der Waals surface area contributed by atoms with Crippen LogP contribution in [0.4, 0.5) is 4.79 Å². The topological polar surface area (TPSA) is 167 Å². The van der Waals surface area contributed by atoms with E-state index in [1.54, 1.807) is 20.8 Å². The van der Waals surface area contributed by atoms with Crippen LogP contribution in [-0.2, 0) is 34.4 Å². The normalized spacial score (nSPS) is 16.5. The van der Waals surface area contributed by atoms with Crippen molar-refractivity contribution in [3.63, 3.8) is 0 Å². The van der Waals surface area contributed by atoms with Crippen LogP contribution in [-0.4, -0.2) is 59.5 Å². The third-order valence-corrected chi connectivity index (χ3v) is 9.05. The van der Waals surface area contributed by atoms with E-state index in [0.717, 1.165) is 22.9 Å². The molecule has 1 aromatic carbocycles. The molecule has 1 amide bonds. The number of carbonyl (C=O) groups is 2. The fourth-order valence-corrected chi connectivity index (χ4v) is 6.19. The molecule has 0 spiro atoms. The maximum Gasteiger partial charge on any atom is 0.406 e. The predicted octanol–water partition coefficient (Wildman–Crippen LogP) is 3.48. The summed E-state index contributed by atoms with van der Waals surface area (Å²) < 4.78 is 36.7. The number of nitrogens with one attached hydrogen (secondary N) is 3. The highest BCUT2D eigenvalue weighted by atomic mass is 32.2. The first kappa shape index (κ1) is 33.3. The summed E-state index contributed by atoms with van der Waals surface area (Å²) in [6.45, 7) is 5.71. The molecule has 0 fully saturated rings. The number of hydrogen-bond acceptors (Lipinski definition) is 10. The van der Waals surface area contributed by atoms with Crippen molar-refractivity contribution in [3.8, 4) is 0 Å². The second-order valence-electron chi connectivity index (χ2n) is 10.1. The van der Waals surface area contributed by atoms with Crippen LogP contribution in [0.15, 0.2) is 57.8 Å². The lowest BCUT2D eigenvalue weighted by Crippen LogP contribution is -2.31. The number of alkyl carbamates (subject to hydrolysis) is 1. The average Bonchev–Trinajstić information content (AvgIpc) is 3.33. The molecular formula is C27H37N4O9PS. The van der Waals surface area contributed by atoms with Crippen LogP contribution < -0.4 is 21.7 Å². The molecule has 42 heavy (non-hydrogen) atoms. The Balaban J connectivity index is 1.56. The standard InChI is InChI=1S/C27H37N4O9PS/c1-19-16-21(40-23(19)31-13-10-22(32)30-25(31)34)18-39-41(36,29-17-20-8-6-5-7-9-20)38-14-15-42-24(33)27(2,3)11-12-28-26(35)37-4/h5-10,13,21H,11-12,14-18H2,1-4H3,(H,28,35)(H,29,36)(H,30,32,34). The summed E-state index contributed by atoms with van der Waals surface area (Å²) in [5.41, 5.74) is -0.245. The quantitative estimate of drug-likeness (QED) is 0.196. The van der Waals surface area contributed by atoms with E-state index in [1.165, 1.54) is 23.9 Å². The van der Waals surface area contributed by atoms with Crippen molar-refractivity contribution in [1.29, 1.82) is 0 Å². The first-order valence-corrected chi connectivity index (χ1v) is 15.8. The molecule has 15 heteroatoms. The smallest absolute Gasteiger partial charge is 0.406 e. The molecule has 1 aliphatic rings. The van der Waals surface area contributed by atoms with Crippen LogP contribution in [0, 0.1) is 5.41 Å². The SMILES string of the molecule is COC(=O)NCCC(C)(C)C(=O)SCCOP(=O)(NCc1ccccc1)OCC1CC(C)=C(n2ccc(=O)[nH]c2=O)O1. The molecule has 0 radical (unpaired) electrons. The lowest BCUT2D eigenvalue weighted by molar-refractivity contribution is -0.118. The molecule has 2 heterocycles. The highest BCUT2D eigenvalue weighted by molar-refractivity contribution is 8.13. The van der Waals surface area contributed by atoms with E-state index < -0.39 is 36.6 Å². The Morgan fingerprint density at radius 3 is 2.62 bits per heavy atom. The van der Waals surface area contributed by atoms with Gasteiger partial charge >= 0.3 is 19.5 Å². The zero-order chi connectivity index (χ0) is 30.8. The number of nitrogens with zero attached hydrogens (tertiary/aromatic N) is 1. The molecule has 0 saturated heterocycles. The number of rotatable bonds is 15. The van der Waals surface area contributed by atoms with Gasteiger partial charge < -0.3 is 14.8 Å². The molecule has 2 unspecified atom stereocenters. The van der Waals surface area contributed by atoms with Gasteiger partial charge in [0.15, 0.2) is 5.12 Å². The first-order chi connectivity index (χ1) is 19.9. The Bertz CT molecular complexity index is 1420. The summed E-state index contributed by atoms with van der Waals surface area (Å²) in [5, 5.41) is 5.33. The van der Waals surface area contributed by atoms with Crippen molar-refractivity contribution in [2.75, 3.05) is 32.6 Å². The Morgan fingerprint density at radius 1 is 1.19 bits per heavy atom. The van der Waals surface area contributed by atoms with Crippen molar-refractivity contribution in [3.05, 3.63) is 74.6 Å². The zero-order valence-corrected chi connectivity index (χ0v) is 25.8. The number of amides is 1. The van der Waals surface area contributed by atoms with Crippen molar-refractivity contribution >= 4 is 36.6 Å². The van der Waals surface area contributed by atoms with E-state index in [2.05, 4.69) is 20.1 Å². The molecule has 13 nitrogen and oxygen atoms in total. The molecule has 3 N–H and O–H groups in total. The van der Waals surface area contributed by atoms with Gasteiger partial charge in [-0.1, -0.05) is 55.9 Å². The van der Waals surface area contributed by atoms with Gasteiger partial charge in [-0.05, 0) is 24.5 Å². The Hall–Kier alpha value is -3.16. The Kier molecular flexibility index (Phi) is 12.2. The number of carbonyl (C=O) groups excluding carboxylic acids is 2. The zero-order valence-electron chi connectivity index (χ0n) is 24.0. The molecule has 2 atom stereocenters. The third-order valence-electron chi connectivity index (χ3n) is 6.31. The van der Waals surface area contributed by atoms with E-state index >= 15 is 0 Å². The third kappa shape index (κ3) is 9.99. The molecular weight excluding hydrogens is 587 g/mol. The van der Waals surface area contributed by atoms with Crippen LogP contribution in [0.1, 0.15) is 39.2 Å². The molecule has 0 aliphatic carbocycles. The number of aromatic amines is 1. The summed E-state index contributed by atoms with van der Waals surface area (Å²) >= 11 is 1.05. The van der Waals surface area contributed by atoms with Gasteiger partial charge in [0, 0.05) is 42.9 Å². The van der Waals surface area contributed by atoms with Crippen LogP contribution in [0.2, 0.25) is 0 Å². The molecule has 230 valence electrons. The predicted molar refractivity (Wildman–Crippen MR) is 159 cm³/mol. The summed E-state index contributed by atoms with van der Waals surface area (Å²) in [7, 11) is -2.58. The minimum atomic E-state index is -3.85. The molecule has 1 aliphatic heterocycles. The maximum atomic E-state index is 13.7. The highest BCUT2D eigenvalue weighted by Gasteiger charge is 2.32. The van der Waals surface area contributed by atoms with E-state index in [9.17, 15) is 23.7 Å². The number of hydrogen-bond donors (Lipinski definition) is 3. The summed E-state index contributed by atoms with van der Waals surface area (Å²) in [6.07, 6.45) is 1.04. The van der Waals surface area contributed by atoms with Gasteiger partial charge in [0.1, 0.15) is 6.10 Å². The fourth-order valence-electron chi connectivity index (χ4n) is 3.89. The highest BCUT2D eigenvalue weighted by Crippen LogP contribution is 2.45. The van der Waals surface area contributed by atoms with Crippen LogP contribution >= 0.6 is 19.5 Å². The molecule has 0 saturated carbocycles. The largest absolute Gasteiger partial charge is 0.472 e. The van der Waals surface area contributed by atoms with Gasteiger partial charge in [-0.15, -0.1) is 0 Å². The lowest BCUT2D eigenvalue weighted by Gasteiger charge is -2.23. The Morgan fingerprint density at radius 2 is 1.93 bits per heavy atom. The number of methoxy groups -OCH3 is 1. The molecule has 1 aromatic heterocycles. The van der Waals surface area contributed by atoms with Crippen molar-refractivity contribution in [2.45, 2.75) is 46.3 Å². The van der Waals surface area contributed by atoms with Crippen molar-refractivity contribution in [1.82, 2.24) is 20.0 Å². The summed E-state index contributed by atoms with van der Waals surface area (Å²) in [6, 6.07) is 10.5. The molecule has 2 aromatic rings. The van der Waals surface area contributed by atoms with Crippen LogP contribution in [0.3, 0.4) is 0 Å². The monoisotopic (exact) mass is 624 g/mol. The van der Waals surface area contributed by atoms with Crippen molar-refractivity contribution in [2.24, 2.45) is 5.41 Å². The lowest BCUT2D eigenvalue weighted by atomic mass is 9.91. The van der Waals surface area contributed by atoms with Crippen molar-refractivity contribution < 1.29 is 32.7 Å². The summed E-state index contributed by atoms with van der Waals surface area (Å²) in [5.74, 6) is 0.504. The number of H-pyrrole nitrogens is 1. The number of benzene rings is 1. The van der Waals surface area contributed by atoms with Gasteiger partial charge in [0.05, 0.1) is 20.3 Å². The summed E-state index contributed by atoms with van der Waals surface area (Å²) in [4.78, 5) is 49.8. The number of ether oxygens (including phenoxy) is 2. The first-order valence-electron chi connectivity index (χ1n) is 13.3. The van der Waals surface area contributed by atoms with E-state index in [1.807, 2.05) is 30.3 Å². The van der Waals surface area contributed by atoms with Gasteiger partial charge in [-0.2, -0.15) is 0 Å². The van der Waals surface area contributed by atoms with Crippen LogP contribution in [0.5, 0.6) is 0 Å². The van der Waals surface area contributed by atoms with E-state index in [0.29, 0.717) is 12.8 Å². The van der Waals surface area contributed by atoms with E-state index in [-0.39, 0.29) is 43.1 Å². The van der Waals surface area contributed by atoms with Gasteiger partial charge in [-0.25, -0.2) is 23.8 Å². The molecule has 3 rings (SSSR count). The second-order valence-corrected chi connectivity index (χ2v) is 13.0. The molecule has 0 bridgehead atoms. The average molecular weight is 625 g/mol. The van der Waals surface area contributed by atoms with Gasteiger partial charge in [0.25, 0.3) is 5.56 Å². The number of thioether (sulfide) groups is 1. The van der Waals surface area contributed by atoms with Gasteiger partial charge in [-0.3, -0.25) is 23.6 Å². The minimum Gasteiger partial charge on any atom is -0.472 e. The fraction of sp³-hybridized carbons (Fsp3) is 0.481. The van der Waals surface area contributed by atoms with E-state index in [4.69, 9.17) is 13.8 Å². The van der Waals surface area contributed by atoms with Crippen LogP contribution in [0.25, 0.3) is 5.88 Å². The second kappa shape index (κ2) is 15.4. The van der Waals surface area contributed by atoms with Gasteiger partial charge in [0.2, 0.25) is 5.88 Å².